The largest absolute Gasteiger partial charge is 0.0843 e. The van der Waals surface area contributed by atoms with Crippen molar-refractivity contribution in [3.05, 3.63) is 58.6 Å². The van der Waals surface area contributed by atoms with Crippen LogP contribution in [0.1, 0.15) is 50.2 Å². The first-order chi connectivity index (χ1) is 9.65. The summed E-state index contributed by atoms with van der Waals surface area (Å²) in [6, 6.07) is 15.1. The van der Waals surface area contributed by atoms with Crippen LogP contribution >= 0.6 is 11.6 Å². The molecule has 2 aromatic carbocycles. The van der Waals surface area contributed by atoms with E-state index in [1.165, 1.54) is 41.5 Å². The molecule has 0 aliphatic carbocycles. The van der Waals surface area contributed by atoms with Gasteiger partial charge in [0.15, 0.2) is 0 Å². The summed E-state index contributed by atoms with van der Waals surface area (Å²) in [5.41, 5.74) is 5.28. The highest BCUT2D eigenvalue weighted by Crippen LogP contribution is 2.35. The minimum atomic E-state index is 0.619. The van der Waals surface area contributed by atoms with Crippen molar-refractivity contribution in [2.75, 3.05) is 0 Å². The van der Waals surface area contributed by atoms with E-state index in [4.69, 9.17) is 11.6 Å². The van der Waals surface area contributed by atoms with Gasteiger partial charge in [0, 0.05) is 5.02 Å². The zero-order chi connectivity index (χ0) is 14.5. The molecule has 0 radical (unpaired) electrons. The maximum atomic E-state index is 6.22. The second-order valence-corrected chi connectivity index (χ2v) is 5.93. The molecule has 0 aromatic heterocycles. The van der Waals surface area contributed by atoms with Crippen molar-refractivity contribution in [2.45, 2.75) is 46.0 Å². The van der Waals surface area contributed by atoms with Crippen LogP contribution in [0, 0.1) is 6.92 Å². The number of rotatable bonds is 5. The maximum absolute atomic E-state index is 6.22. The van der Waals surface area contributed by atoms with E-state index in [-0.39, 0.29) is 0 Å². The van der Waals surface area contributed by atoms with E-state index in [0.29, 0.717) is 5.92 Å². The van der Waals surface area contributed by atoms with Crippen molar-refractivity contribution in [3.63, 3.8) is 0 Å². The van der Waals surface area contributed by atoms with E-state index in [1.54, 1.807) is 0 Å². The van der Waals surface area contributed by atoms with Gasteiger partial charge in [0.1, 0.15) is 0 Å². The molecule has 20 heavy (non-hydrogen) atoms. The summed E-state index contributed by atoms with van der Waals surface area (Å²) < 4.78 is 0. The number of hydrogen-bond acceptors (Lipinski definition) is 0. The maximum Gasteiger partial charge on any atom is 0.0412 e. The first kappa shape index (κ1) is 15.1. The SMILES string of the molecule is CCCC(CC)c1ccc(Cl)cc1-c1ccc(C)cc1. The lowest BCUT2D eigenvalue weighted by atomic mass is 9.86. The van der Waals surface area contributed by atoms with Gasteiger partial charge in [-0.15, -0.1) is 0 Å². The third kappa shape index (κ3) is 3.43. The van der Waals surface area contributed by atoms with Gasteiger partial charge in [-0.3, -0.25) is 0 Å². The fourth-order valence-electron chi connectivity index (χ4n) is 2.80. The predicted molar refractivity (Wildman–Crippen MR) is 89.6 cm³/mol. The topological polar surface area (TPSA) is 0 Å². The Kier molecular flexibility index (Phi) is 5.25. The summed E-state index contributed by atoms with van der Waals surface area (Å²) in [5.74, 6) is 0.619. The number of aryl methyl sites for hydroxylation is 1. The Morgan fingerprint density at radius 1 is 1.00 bits per heavy atom. The van der Waals surface area contributed by atoms with Crippen molar-refractivity contribution in [2.24, 2.45) is 0 Å². The Labute approximate surface area is 127 Å². The number of halogens is 1. The van der Waals surface area contributed by atoms with Gasteiger partial charge in [-0.2, -0.15) is 0 Å². The summed E-state index contributed by atoms with van der Waals surface area (Å²) in [6.07, 6.45) is 3.62. The van der Waals surface area contributed by atoms with Crippen LogP contribution in [-0.2, 0) is 0 Å². The molecule has 0 nitrogen and oxygen atoms in total. The second kappa shape index (κ2) is 6.95. The molecule has 2 aromatic rings. The summed E-state index contributed by atoms with van der Waals surface area (Å²) in [7, 11) is 0. The van der Waals surface area contributed by atoms with E-state index < -0.39 is 0 Å². The molecule has 0 spiro atoms. The van der Waals surface area contributed by atoms with E-state index in [0.717, 1.165) is 5.02 Å². The molecule has 0 N–H and O–H groups in total. The number of hydrogen-bond donors (Lipinski definition) is 0. The lowest BCUT2D eigenvalue weighted by Gasteiger charge is -2.19. The molecule has 0 saturated heterocycles. The molecule has 0 heterocycles. The predicted octanol–water partition coefficient (Wildman–Crippen LogP) is 6.61. The molecule has 0 fully saturated rings. The third-order valence-corrected chi connectivity index (χ3v) is 4.18. The summed E-state index contributed by atoms with van der Waals surface area (Å²) >= 11 is 6.22. The smallest absolute Gasteiger partial charge is 0.0412 e. The van der Waals surface area contributed by atoms with Crippen LogP contribution in [0.5, 0.6) is 0 Å². The van der Waals surface area contributed by atoms with Crippen molar-refractivity contribution < 1.29 is 0 Å². The lowest BCUT2D eigenvalue weighted by Crippen LogP contribution is -2.00. The molecular formula is C19H23Cl. The first-order valence-electron chi connectivity index (χ1n) is 7.52. The van der Waals surface area contributed by atoms with Crippen LogP contribution in [0.25, 0.3) is 11.1 Å². The Bertz CT molecular complexity index is 554. The molecule has 106 valence electrons. The van der Waals surface area contributed by atoms with E-state index in [9.17, 15) is 0 Å². The standard InChI is InChI=1S/C19H23Cl/c1-4-6-15(5-2)18-12-11-17(20)13-19(18)16-9-7-14(3)8-10-16/h7-13,15H,4-6H2,1-3H3. The minimum Gasteiger partial charge on any atom is -0.0843 e. The van der Waals surface area contributed by atoms with Gasteiger partial charge in [-0.1, -0.05) is 67.8 Å². The third-order valence-electron chi connectivity index (χ3n) is 3.95. The van der Waals surface area contributed by atoms with Gasteiger partial charge < -0.3 is 0 Å². The van der Waals surface area contributed by atoms with Gasteiger partial charge >= 0.3 is 0 Å². The second-order valence-electron chi connectivity index (χ2n) is 5.49. The molecule has 1 atom stereocenters. The highest BCUT2D eigenvalue weighted by Gasteiger charge is 2.14. The zero-order valence-electron chi connectivity index (χ0n) is 12.6. The minimum absolute atomic E-state index is 0.619. The molecule has 1 unspecified atom stereocenters. The first-order valence-corrected chi connectivity index (χ1v) is 7.90. The average molecular weight is 287 g/mol. The van der Waals surface area contributed by atoms with Gasteiger partial charge in [0.05, 0.1) is 0 Å². The molecule has 0 saturated carbocycles. The normalized spacial score (nSPS) is 12.4. The molecule has 2 rings (SSSR count). The Balaban J connectivity index is 2.49. The van der Waals surface area contributed by atoms with Crippen LogP contribution < -0.4 is 0 Å². The summed E-state index contributed by atoms with van der Waals surface area (Å²) in [4.78, 5) is 0. The van der Waals surface area contributed by atoms with E-state index in [1.807, 2.05) is 6.07 Å². The Morgan fingerprint density at radius 3 is 2.30 bits per heavy atom. The van der Waals surface area contributed by atoms with Crippen LogP contribution in [0.15, 0.2) is 42.5 Å². The highest BCUT2D eigenvalue weighted by atomic mass is 35.5. The summed E-state index contributed by atoms with van der Waals surface area (Å²) in [5, 5.41) is 0.815. The van der Waals surface area contributed by atoms with Crippen molar-refractivity contribution in [1.82, 2.24) is 0 Å². The zero-order valence-corrected chi connectivity index (χ0v) is 13.4. The lowest BCUT2D eigenvalue weighted by molar-refractivity contribution is 0.597. The van der Waals surface area contributed by atoms with Crippen LogP contribution in [0.3, 0.4) is 0 Å². The fraction of sp³-hybridized carbons (Fsp3) is 0.368. The van der Waals surface area contributed by atoms with Gasteiger partial charge in [0.2, 0.25) is 0 Å². The Hall–Kier alpha value is -1.27. The van der Waals surface area contributed by atoms with Crippen molar-refractivity contribution >= 4 is 11.6 Å². The molecule has 0 amide bonds. The highest BCUT2D eigenvalue weighted by molar-refractivity contribution is 6.30. The van der Waals surface area contributed by atoms with Crippen molar-refractivity contribution in [1.29, 1.82) is 0 Å². The van der Waals surface area contributed by atoms with Gasteiger partial charge in [0.25, 0.3) is 0 Å². The van der Waals surface area contributed by atoms with E-state index >= 15 is 0 Å². The van der Waals surface area contributed by atoms with Crippen LogP contribution in [0.4, 0.5) is 0 Å². The molecule has 0 aliphatic rings. The Morgan fingerprint density at radius 2 is 1.70 bits per heavy atom. The molecular weight excluding hydrogens is 264 g/mol. The van der Waals surface area contributed by atoms with Crippen LogP contribution in [0.2, 0.25) is 5.02 Å². The monoisotopic (exact) mass is 286 g/mol. The van der Waals surface area contributed by atoms with Crippen molar-refractivity contribution in [3.8, 4) is 11.1 Å². The van der Waals surface area contributed by atoms with E-state index in [2.05, 4.69) is 57.2 Å². The molecule has 0 bridgehead atoms. The fourth-order valence-corrected chi connectivity index (χ4v) is 2.97. The summed E-state index contributed by atoms with van der Waals surface area (Å²) in [6.45, 7) is 6.65. The van der Waals surface area contributed by atoms with Gasteiger partial charge in [-0.05, 0) is 54.5 Å². The average Bonchev–Trinajstić information content (AvgIpc) is 2.46. The van der Waals surface area contributed by atoms with Crippen LogP contribution in [-0.4, -0.2) is 0 Å². The molecule has 0 aliphatic heterocycles. The quantitative estimate of drug-likeness (QED) is 0.580. The molecule has 1 heteroatoms. The number of benzene rings is 2. The van der Waals surface area contributed by atoms with Gasteiger partial charge in [-0.25, -0.2) is 0 Å².